The van der Waals surface area contributed by atoms with E-state index in [1.807, 2.05) is 6.07 Å². The van der Waals surface area contributed by atoms with Gasteiger partial charge in [-0.05, 0) is 12.1 Å². The quantitative estimate of drug-likeness (QED) is 0.811. The maximum absolute atomic E-state index is 11.5. The standard InChI is InChI=1S/C13H17NO4/c1-16-8-11-7-14-6-10-4-3-9(13(15)17-2)5-12(10)18-11/h3-5,11,14H,6-8H2,1-2H3/t11-/m1/s1. The van der Waals surface area contributed by atoms with Gasteiger partial charge >= 0.3 is 5.97 Å². The molecule has 0 amide bonds. The third-order valence-electron chi connectivity index (χ3n) is 2.82. The van der Waals surface area contributed by atoms with E-state index in [2.05, 4.69) is 5.32 Å². The first-order valence-corrected chi connectivity index (χ1v) is 5.82. The molecule has 1 aliphatic heterocycles. The van der Waals surface area contributed by atoms with Crippen molar-refractivity contribution in [3.05, 3.63) is 29.3 Å². The molecule has 0 unspecified atom stereocenters. The second-order valence-corrected chi connectivity index (χ2v) is 4.14. The van der Waals surface area contributed by atoms with Gasteiger partial charge in [0.2, 0.25) is 0 Å². The number of fused-ring (bicyclic) bond motifs is 1. The SMILES string of the molecule is COC[C@H]1CNCc2ccc(C(=O)OC)cc2O1. The monoisotopic (exact) mass is 251 g/mol. The Morgan fingerprint density at radius 2 is 2.33 bits per heavy atom. The Morgan fingerprint density at radius 1 is 1.50 bits per heavy atom. The van der Waals surface area contributed by atoms with Crippen molar-refractivity contribution in [1.82, 2.24) is 5.32 Å². The van der Waals surface area contributed by atoms with Crippen molar-refractivity contribution >= 4 is 5.97 Å². The van der Waals surface area contributed by atoms with Gasteiger partial charge in [0.1, 0.15) is 11.9 Å². The zero-order valence-corrected chi connectivity index (χ0v) is 10.6. The van der Waals surface area contributed by atoms with E-state index >= 15 is 0 Å². The minimum absolute atomic E-state index is 0.0517. The summed E-state index contributed by atoms with van der Waals surface area (Å²) in [6.07, 6.45) is -0.0517. The molecule has 1 aromatic rings. The Kier molecular flexibility index (Phi) is 4.17. The van der Waals surface area contributed by atoms with Gasteiger partial charge in [0, 0.05) is 25.8 Å². The second-order valence-electron chi connectivity index (χ2n) is 4.14. The van der Waals surface area contributed by atoms with Gasteiger partial charge in [0.15, 0.2) is 0 Å². The largest absolute Gasteiger partial charge is 0.486 e. The first kappa shape index (κ1) is 12.9. The first-order chi connectivity index (χ1) is 8.74. The van der Waals surface area contributed by atoms with E-state index in [1.165, 1.54) is 7.11 Å². The Labute approximate surface area is 106 Å². The van der Waals surface area contributed by atoms with Gasteiger partial charge in [-0.3, -0.25) is 0 Å². The predicted molar refractivity (Wildman–Crippen MR) is 65.8 cm³/mol. The van der Waals surface area contributed by atoms with E-state index in [9.17, 15) is 4.79 Å². The third kappa shape index (κ3) is 2.80. The number of hydrogen-bond donors (Lipinski definition) is 1. The van der Waals surface area contributed by atoms with Crippen LogP contribution in [0, 0.1) is 0 Å². The number of carbonyl (C=O) groups is 1. The van der Waals surface area contributed by atoms with Crippen LogP contribution in [0.25, 0.3) is 0 Å². The molecular weight excluding hydrogens is 234 g/mol. The summed E-state index contributed by atoms with van der Waals surface area (Å²) in [6, 6.07) is 5.34. The molecule has 98 valence electrons. The molecule has 1 aromatic carbocycles. The number of methoxy groups -OCH3 is 2. The van der Waals surface area contributed by atoms with Gasteiger partial charge in [-0.1, -0.05) is 6.07 Å². The predicted octanol–water partition coefficient (Wildman–Crippen LogP) is 0.970. The van der Waals surface area contributed by atoms with E-state index in [1.54, 1.807) is 19.2 Å². The first-order valence-electron chi connectivity index (χ1n) is 5.82. The lowest BCUT2D eigenvalue weighted by atomic mass is 10.1. The number of nitrogens with one attached hydrogen (secondary N) is 1. The smallest absolute Gasteiger partial charge is 0.337 e. The molecule has 1 aliphatic rings. The summed E-state index contributed by atoms with van der Waals surface area (Å²) in [5, 5.41) is 3.28. The zero-order chi connectivity index (χ0) is 13.0. The summed E-state index contributed by atoms with van der Waals surface area (Å²) in [5.41, 5.74) is 1.52. The van der Waals surface area contributed by atoms with Gasteiger partial charge in [-0.15, -0.1) is 0 Å². The van der Waals surface area contributed by atoms with Crippen molar-refractivity contribution in [1.29, 1.82) is 0 Å². The summed E-state index contributed by atoms with van der Waals surface area (Å²) >= 11 is 0. The number of ether oxygens (including phenoxy) is 3. The highest BCUT2D eigenvalue weighted by Crippen LogP contribution is 2.24. The molecule has 5 nitrogen and oxygen atoms in total. The molecule has 0 spiro atoms. The van der Waals surface area contributed by atoms with Crippen molar-refractivity contribution in [2.45, 2.75) is 12.6 Å². The van der Waals surface area contributed by atoms with Crippen LogP contribution in [0.2, 0.25) is 0 Å². The van der Waals surface area contributed by atoms with E-state index < -0.39 is 0 Å². The third-order valence-corrected chi connectivity index (χ3v) is 2.82. The van der Waals surface area contributed by atoms with Crippen molar-refractivity contribution in [2.75, 3.05) is 27.4 Å². The molecular formula is C13H17NO4. The van der Waals surface area contributed by atoms with Gasteiger partial charge in [-0.2, -0.15) is 0 Å². The molecule has 1 atom stereocenters. The maximum Gasteiger partial charge on any atom is 0.337 e. The molecule has 0 radical (unpaired) electrons. The molecule has 2 rings (SSSR count). The van der Waals surface area contributed by atoms with Gasteiger partial charge in [0.25, 0.3) is 0 Å². The lowest BCUT2D eigenvalue weighted by molar-refractivity contribution is 0.0598. The average molecular weight is 251 g/mol. The van der Waals surface area contributed by atoms with Crippen LogP contribution in [-0.2, 0) is 16.0 Å². The molecule has 5 heteroatoms. The highest BCUT2D eigenvalue weighted by atomic mass is 16.5. The summed E-state index contributed by atoms with van der Waals surface area (Å²) in [4.78, 5) is 11.5. The van der Waals surface area contributed by atoms with Crippen LogP contribution in [0.15, 0.2) is 18.2 Å². The number of benzene rings is 1. The van der Waals surface area contributed by atoms with E-state index in [0.717, 1.165) is 18.7 Å². The van der Waals surface area contributed by atoms with Crippen LogP contribution in [0.5, 0.6) is 5.75 Å². The van der Waals surface area contributed by atoms with Crippen LogP contribution >= 0.6 is 0 Å². The fraction of sp³-hybridized carbons (Fsp3) is 0.462. The summed E-state index contributed by atoms with van der Waals surface area (Å²) in [5.74, 6) is 0.354. The Balaban J connectivity index is 2.24. The Bertz CT molecular complexity index is 433. The Hall–Kier alpha value is -1.59. The Morgan fingerprint density at radius 3 is 3.06 bits per heavy atom. The highest BCUT2D eigenvalue weighted by Gasteiger charge is 2.18. The lowest BCUT2D eigenvalue weighted by Gasteiger charge is -2.16. The average Bonchev–Trinajstić information content (AvgIpc) is 2.59. The minimum atomic E-state index is -0.359. The van der Waals surface area contributed by atoms with Crippen molar-refractivity contribution in [3.8, 4) is 5.75 Å². The number of carbonyl (C=O) groups excluding carboxylic acids is 1. The highest BCUT2D eigenvalue weighted by molar-refractivity contribution is 5.89. The molecule has 0 aliphatic carbocycles. The fourth-order valence-corrected chi connectivity index (χ4v) is 1.92. The molecule has 0 saturated carbocycles. The van der Waals surface area contributed by atoms with E-state index in [-0.39, 0.29) is 12.1 Å². The van der Waals surface area contributed by atoms with Gasteiger partial charge in [0.05, 0.1) is 19.3 Å². The number of rotatable bonds is 3. The molecule has 0 saturated heterocycles. The second kappa shape index (κ2) is 5.84. The minimum Gasteiger partial charge on any atom is -0.486 e. The van der Waals surface area contributed by atoms with Crippen LogP contribution in [0.1, 0.15) is 15.9 Å². The molecule has 0 bridgehead atoms. The van der Waals surface area contributed by atoms with Gasteiger partial charge < -0.3 is 19.5 Å². The normalized spacial score (nSPS) is 18.4. The van der Waals surface area contributed by atoms with Crippen LogP contribution in [-0.4, -0.2) is 39.4 Å². The number of esters is 1. The van der Waals surface area contributed by atoms with Gasteiger partial charge in [-0.25, -0.2) is 4.79 Å². The molecule has 1 heterocycles. The topological polar surface area (TPSA) is 56.8 Å². The van der Waals surface area contributed by atoms with Crippen LogP contribution < -0.4 is 10.1 Å². The molecule has 18 heavy (non-hydrogen) atoms. The zero-order valence-electron chi connectivity index (χ0n) is 10.6. The molecule has 1 N–H and O–H groups in total. The van der Waals surface area contributed by atoms with Crippen molar-refractivity contribution in [3.63, 3.8) is 0 Å². The van der Waals surface area contributed by atoms with E-state index in [0.29, 0.717) is 17.9 Å². The summed E-state index contributed by atoms with van der Waals surface area (Å²) < 4.78 is 15.6. The maximum atomic E-state index is 11.5. The molecule has 0 fully saturated rings. The van der Waals surface area contributed by atoms with Crippen LogP contribution in [0.3, 0.4) is 0 Å². The fourth-order valence-electron chi connectivity index (χ4n) is 1.92. The summed E-state index contributed by atoms with van der Waals surface area (Å²) in [7, 11) is 3.00. The molecule has 0 aromatic heterocycles. The summed E-state index contributed by atoms with van der Waals surface area (Å²) in [6.45, 7) is 1.95. The number of hydrogen-bond acceptors (Lipinski definition) is 5. The lowest BCUT2D eigenvalue weighted by Crippen LogP contribution is -2.32. The van der Waals surface area contributed by atoms with E-state index in [4.69, 9.17) is 14.2 Å². The van der Waals surface area contributed by atoms with Crippen LogP contribution in [0.4, 0.5) is 0 Å². The van der Waals surface area contributed by atoms with Crippen molar-refractivity contribution in [2.24, 2.45) is 0 Å². The van der Waals surface area contributed by atoms with Crippen molar-refractivity contribution < 1.29 is 19.0 Å².